The standard InChI is InChI=1S/C17H18BrIO/c1-11-2-7-14(8-3-11)20-17-15-10-13(18)6-4-12(15)5-9-16(17)19/h4-6,9-11,14H,2-3,7-8H2,1H3. The van der Waals surface area contributed by atoms with Crippen LogP contribution in [-0.4, -0.2) is 6.10 Å². The van der Waals surface area contributed by atoms with Crippen LogP contribution in [0.25, 0.3) is 10.8 Å². The molecule has 0 bridgehead atoms. The van der Waals surface area contributed by atoms with Crippen LogP contribution in [0.1, 0.15) is 32.6 Å². The van der Waals surface area contributed by atoms with Gasteiger partial charge >= 0.3 is 0 Å². The summed E-state index contributed by atoms with van der Waals surface area (Å²) in [4.78, 5) is 0. The molecule has 0 aromatic heterocycles. The summed E-state index contributed by atoms with van der Waals surface area (Å²) in [6.45, 7) is 2.34. The van der Waals surface area contributed by atoms with Crippen LogP contribution in [0.15, 0.2) is 34.8 Å². The zero-order chi connectivity index (χ0) is 14.1. The molecule has 20 heavy (non-hydrogen) atoms. The van der Waals surface area contributed by atoms with Crippen molar-refractivity contribution in [2.24, 2.45) is 5.92 Å². The van der Waals surface area contributed by atoms with Gasteiger partial charge in [0.15, 0.2) is 0 Å². The third-order valence-electron chi connectivity index (χ3n) is 4.13. The summed E-state index contributed by atoms with van der Waals surface area (Å²) in [5.74, 6) is 1.92. The van der Waals surface area contributed by atoms with E-state index in [0.29, 0.717) is 6.10 Å². The summed E-state index contributed by atoms with van der Waals surface area (Å²) >= 11 is 5.95. The molecule has 1 aliphatic rings. The maximum atomic E-state index is 6.37. The van der Waals surface area contributed by atoms with Crippen molar-refractivity contribution in [2.45, 2.75) is 38.7 Å². The van der Waals surface area contributed by atoms with Crippen LogP contribution in [0.3, 0.4) is 0 Å². The number of hydrogen-bond acceptors (Lipinski definition) is 1. The normalized spacial score (nSPS) is 22.9. The van der Waals surface area contributed by atoms with Gasteiger partial charge in [-0.15, -0.1) is 0 Å². The van der Waals surface area contributed by atoms with Crippen LogP contribution >= 0.6 is 38.5 Å². The van der Waals surface area contributed by atoms with Gasteiger partial charge in [0, 0.05) is 9.86 Å². The van der Waals surface area contributed by atoms with E-state index in [9.17, 15) is 0 Å². The zero-order valence-electron chi connectivity index (χ0n) is 11.5. The van der Waals surface area contributed by atoms with E-state index in [0.717, 1.165) is 16.1 Å². The number of rotatable bonds is 2. The van der Waals surface area contributed by atoms with Gasteiger partial charge in [-0.05, 0) is 77.8 Å². The number of hydrogen-bond donors (Lipinski definition) is 0. The molecule has 1 fully saturated rings. The quantitative estimate of drug-likeness (QED) is 0.503. The Labute approximate surface area is 142 Å². The summed E-state index contributed by atoms with van der Waals surface area (Å²) in [7, 11) is 0. The smallest absolute Gasteiger partial charge is 0.140 e. The predicted octanol–water partition coefficient (Wildman–Crippen LogP) is 6.16. The first kappa shape index (κ1) is 14.6. The highest BCUT2D eigenvalue weighted by Gasteiger charge is 2.21. The van der Waals surface area contributed by atoms with Crippen molar-refractivity contribution in [1.82, 2.24) is 0 Å². The second kappa shape index (κ2) is 6.22. The van der Waals surface area contributed by atoms with Gasteiger partial charge in [-0.25, -0.2) is 0 Å². The molecule has 106 valence electrons. The number of fused-ring (bicyclic) bond motifs is 1. The third kappa shape index (κ3) is 3.14. The molecule has 3 heteroatoms. The van der Waals surface area contributed by atoms with E-state index < -0.39 is 0 Å². The van der Waals surface area contributed by atoms with Crippen LogP contribution in [-0.2, 0) is 0 Å². The van der Waals surface area contributed by atoms with Gasteiger partial charge in [-0.2, -0.15) is 0 Å². The van der Waals surface area contributed by atoms with E-state index in [1.807, 2.05) is 0 Å². The van der Waals surface area contributed by atoms with Crippen LogP contribution in [0, 0.1) is 9.49 Å². The molecule has 1 nitrogen and oxygen atoms in total. The Morgan fingerprint density at radius 3 is 2.55 bits per heavy atom. The predicted molar refractivity (Wildman–Crippen MR) is 96.4 cm³/mol. The van der Waals surface area contributed by atoms with Crippen molar-refractivity contribution in [2.75, 3.05) is 0 Å². The van der Waals surface area contributed by atoms with Crippen molar-refractivity contribution in [3.63, 3.8) is 0 Å². The molecule has 0 heterocycles. The number of halogens is 2. The topological polar surface area (TPSA) is 9.23 Å². The van der Waals surface area contributed by atoms with Gasteiger partial charge in [-0.3, -0.25) is 0 Å². The fraction of sp³-hybridized carbons (Fsp3) is 0.412. The Balaban J connectivity index is 1.93. The SMILES string of the molecule is CC1CCC(Oc2c(I)ccc3ccc(Br)cc23)CC1. The van der Waals surface area contributed by atoms with E-state index in [2.05, 4.69) is 75.8 Å². The van der Waals surface area contributed by atoms with E-state index in [4.69, 9.17) is 4.74 Å². The molecule has 0 N–H and O–H groups in total. The van der Waals surface area contributed by atoms with Gasteiger partial charge in [0.25, 0.3) is 0 Å². The van der Waals surface area contributed by atoms with Crippen molar-refractivity contribution < 1.29 is 4.74 Å². The third-order valence-corrected chi connectivity index (χ3v) is 5.48. The Morgan fingerprint density at radius 2 is 1.80 bits per heavy atom. The average Bonchev–Trinajstić information content (AvgIpc) is 2.44. The highest BCUT2D eigenvalue weighted by atomic mass is 127. The minimum atomic E-state index is 0.379. The fourth-order valence-electron chi connectivity index (χ4n) is 2.87. The molecule has 3 rings (SSSR count). The van der Waals surface area contributed by atoms with Crippen LogP contribution < -0.4 is 4.74 Å². The Morgan fingerprint density at radius 1 is 1.10 bits per heavy atom. The molecule has 0 saturated heterocycles. The molecule has 1 aliphatic carbocycles. The van der Waals surface area contributed by atoms with Crippen LogP contribution in [0.4, 0.5) is 0 Å². The van der Waals surface area contributed by atoms with Crippen molar-refractivity contribution in [3.05, 3.63) is 38.4 Å². The number of benzene rings is 2. The first-order valence-corrected chi connectivity index (χ1v) is 9.05. The van der Waals surface area contributed by atoms with Gasteiger partial charge in [0.1, 0.15) is 5.75 Å². The molecular formula is C17H18BrIO. The second-order valence-corrected chi connectivity index (χ2v) is 7.82. The van der Waals surface area contributed by atoms with E-state index in [1.165, 1.54) is 40.0 Å². The van der Waals surface area contributed by atoms with Gasteiger partial charge in [0.05, 0.1) is 9.67 Å². The monoisotopic (exact) mass is 444 g/mol. The molecule has 0 spiro atoms. The highest BCUT2D eigenvalue weighted by molar-refractivity contribution is 14.1. The first-order chi connectivity index (χ1) is 9.63. The summed E-state index contributed by atoms with van der Waals surface area (Å²) < 4.78 is 8.68. The van der Waals surface area contributed by atoms with Crippen LogP contribution in [0.2, 0.25) is 0 Å². The maximum Gasteiger partial charge on any atom is 0.140 e. The van der Waals surface area contributed by atoms with Gasteiger partial charge in [0.2, 0.25) is 0 Å². The summed E-state index contributed by atoms with van der Waals surface area (Å²) in [5.41, 5.74) is 0. The fourth-order valence-corrected chi connectivity index (χ4v) is 3.83. The molecule has 2 aromatic carbocycles. The molecule has 0 atom stereocenters. The summed E-state index contributed by atoms with van der Waals surface area (Å²) in [6, 6.07) is 10.7. The Hall–Kier alpha value is -0.290. The lowest BCUT2D eigenvalue weighted by Gasteiger charge is -2.27. The molecule has 1 saturated carbocycles. The Bertz CT molecular complexity index is 612. The van der Waals surface area contributed by atoms with Gasteiger partial charge < -0.3 is 4.74 Å². The van der Waals surface area contributed by atoms with Crippen molar-refractivity contribution in [1.29, 1.82) is 0 Å². The maximum absolute atomic E-state index is 6.37. The molecule has 0 amide bonds. The summed E-state index contributed by atoms with van der Waals surface area (Å²) in [6.07, 6.45) is 5.32. The zero-order valence-corrected chi connectivity index (χ0v) is 15.3. The van der Waals surface area contributed by atoms with E-state index in [1.54, 1.807) is 0 Å². The van der Waals surface area contributed by atoms with Gasteiger partial charge in [-0.1, -0.05) is 35.0 Å². The molecule has 0 unspecified atom stereocenters. The minimum absolute atomic E-state index is 0.379. The molecular weight excluding hydrogens is 427 g/mol. The lowest BCUT2D eigenvalue weighted by molar-refractivity contribution is 0.136. The first-order valence-electron chi connectivity index (χ1n) is 7.18. The molecule has 2 aromatic rings. The lowest BCUT2D eigenvalue weighted by atomic mass is 9.89. The van der Waals surface area contributed by atoms with Crippen LogP contribution in [0.5, 0.6) is 5.75 Å². The second-order valence-electron chi connectivity index (χ2n) is 5.74. The number of ether oxygens (including phenoxy) is 1. The minimum Gasteiger partial charge on any atom is -0.489 e. The van der Waals surface area contributed by atoms with E-state index >= 15 is 0 Å². The summed E-state index contributed by atoms with van der Waals surface area (Å²) in [5, 5.41) is 2.46. The van der Waals surface area contributed by atoms with Crippen molar-refractivity contribution >= 4 is 49.3 Å². The largest absolute Gasteiger partial charge is 0.489 e. The van der Waals surface area contributed by atoms with E-state index in [-0.39, 0.29) is 0 Å². The van der Waals surface area contributed by atoms with Crippen molar-refractivity contribution in [3.8, 4) is 5.75 Å². The Kier molecular flexibility index (Phi) is 4.55. The molecule has 0 aliphatic heterocycles. The molecule has 0 radical (unpaired) electrons. The average molecular weight is 445 g/mol. The lowest BCUT2D eigenvalue weighted by Crippen LogP contribution is -2.23. The highest BCUT2D eigenvalue weighted by Crippen LogP contribution is 2.36.